The van der Waals surface area contributed by atoms with Gasteiger partial charge in [0, 0.05) is 11.0 Å². The molecule has 0 aromatic heterocycles. The number of alkyl halides is 1. The van der Waals surface area contributed by atoms with Gasteiger partial charge in [-0.15, -0.1) is 0 Å². The molecule has 3 nitrogen and oxygen atoms in total. The van der Waals surface area contributed by atoms with Crippen molar-refractivity contribution in [3.05, 3.63) is 0 Å². The molecule has 1 unspecified atom stereocenters. The van der Waals surface area contributed by atoms with Gasteiger partial charge in [-0.25, -0.2) is 4.79 Å². The first-order chi connectivity index (χ1) is 3.83. The first kappa shape index (κ1) is 6.12. The van der Waals surface area contributed by atoms with Gasteiger partial charge in [0.25, 0.3) is 0 Å². The molecular weight excluding hydrogens is 219 g/mol. The number of hydrogen-bond donors (Lipinski definition) is 2. The summed E-state index contributed by atoms with van der Waals surface area (Å²) >= 11 is 2.24. The van der Waals surface area contributed by atoms with E-state index in [1.165, 1.54) is 0 Å². The highest BCUT2D eigenvalue weighted by Crippen LogP contribution is 1.94. The van der Waals surface area contributed by atoms with Crippen molar-refractivity contribution in [2.24, 2.45) is 0 Å². The van der Waals surface area contributed by atoms with Gasteiger partial charge in [-0.2, -0.15) is 0 Å². The molecule has 1 aliphatic heterocycles. The van der Waals surface area contributed by atoms with Crippen LogP contribution >= 0.6 is 22.6 Å². The van der Waals surface area contributed by atoms with E-state index >= 15 is 0 Å². The summed E-state index contributed by atoms with van der Waals surface area (Å²) in [6, 6.07) is 0.315. The maximum atomic E-state index is 10.4. The minimum atomic E-state index is -0.0355. The number of amides is 2. The summed E-state index contributed by atoms with van der Waals surface area (Å²) in [4.78, 5) is 10.4. The largest absolute Gasteiger partial charge is 0.336 e. The lowest BCUT2D eigenvalue weighted by molar-refractivity contribution is 0.247. The lowest BCUT2D eigenvalue weighted by atomic mass is 10.4. The van der Waals surface area contributed by atoms with Crippen molar-refractivity contribution >= 4 is 28.6 Å². The summed E-state index contributed by atoms with van der Waals surface area (Å²) in [6.07, 6.45) is 0. The van der Waals surface area contributed by atoms with Crippen LogP contribution in [0.3, 0.4) is 0 Å². The Morgan fingerprint density at radius 1 is 1.88 bits per heavy atom. The SMILES string of the molecule is O=C1NCC(CI)N1. The average molecular weight is 226 g/mol. The lowest BCUT2D eigenvalue weighted by Gasteiger charge is -1.98. The van der Waals surface area contributed by atoms with Crippen LogP contribution in [0.2, 0.25) is 0 Å². The molecule has 1 heterocycles. The Kier molecular flexibility index (Phi) is 1.93. The van der Waals surface area contributed by atoms with E-state index in [4.69, 9.17) is 0 Å². The monoisotopic (exact) mass is 226 g/mol. The van der Waals surface area contributed by atoms with Gasteiger partial charge in [0.05, 0.1) is 6.04 Å². The van der Waals surface area contributed by atoms with Gasteiger partial charge < -0.3 is 10.6 Å². The minimum Gasteiger partial charge on any atom is -0.336 e. The highest BCUT2D eigenvalue weighted by Gasteiger charge is 2.17. The van der Waals surface area contributed by atoms with Crippen molar-refractivity contribution in [1.29, 1.82) is 0 Å². The maximum Gasteiger partial charge on any atom is 0.315 e. The number of carbonyl (C=O) groups excluding carboxylic acids is 1. The zero-order chi connectivity index (χ0) is 5.98. The topological polar surface area (TPSA) is 41.1 Å². The summed E-state index contributed by atoms with van der Waals surface area (Å²) in [7, 11) is 0. The fourth-order valence-electron chi connectivity index (χ4n) is 0.596. The Balaban J connectivity index is 2.32. The number of rotatable bonds is 1. The Hall–Kier alpha value is -0.0000000000000000555. The molecule has 2 amide bonds. The first-order valence-corrected chi connectivity index (χ1v) is 3.96. The van der Waals surface area contributed by atoms with Crippen LogP contribution in [-0.2, 0) is 0 Å². The highest BCUT2D eigenvalue weighted by molar-refractivity contribution is 14.1. The molecule has 1 atom stereocenters. The van der Waals surface area contributed by atoms with Crippen molar-refractivity contribution < 1.29 is 4.79 Å². The van der Waals surface area contributed by atoms with E-state index in [0.717, 1.165) is 11.0 Å². The molecule has 1 aliphatic rings. The molecule has 0 saturated carbocycles. The van der Waals surface area contributed by atoms with Crippen molar-refractivity contribution in [2.75, 3.05) is 11.0 Å². The maximum absolute atomic E-state index is 10.4. The Bertz CT molecular complexity index is 106. The van der Waals surface area contributed by atoms with Crippen LogP contribution in [-0.4, -0.2) is 23.0 Å². The quantitative estimate of drug-likeness (QED) is 0.483. The van der Waals surface area contributed by atoms with Crippen LogP contribution in [0.4, 0.5) is 4.79 Å². The molecule has 2 N–H and O–H groups in total. The standard InChI is InChI=1S/C4H7IN2O/c5-1-3-2-6-4(8)7-3/h3H,1-2H2,(H2,6,7,8). The molecule has 0 radical (unpaired) electrons. The molecule has 8 heavy (non-hydrogen) atoms. The van der Waals surface area contributed by atoms with E-state index in [0.29, 0.717) is 6.04 Å². The summed E-state index contributed by atoms with van der Waals surface area (Å²) in [5.41, 5.74) is 0. The molecule has 0 aromatic rings. The third-order valence-corrected chi connectivity index (χ3v) is 2.09. The van der Waals surface area contributed by atoms with E-state index < -0.39 is 0 Å². The summed E-state index contributed by atoms with van der Waals surface area (Å²) in [6.45, 7) is 0.780. The summed E-state index contributed by atoms with van der Waals surface area (Å²) in [5, 5.41) is 5.41. The molecule has 1 saturated heterocycles. The average Bonchev–Trinajstić information content (AvgIpc) is 2.14. The fraction of sp³-hybridized carbons (Fsp3) is 0.750. The third kappa shape index (κ3) is 1.24. The Morgan fingerprint density at radius 2 is 2.62 bits per heavy atom. The number of hydrogen-bond acceptors (Lipinski definition) is 1. The van der Waals surface area contributed by atoms with Crippen molar-refractivity contribution in [1.82, 2.24) is 10.6 Å². The van der Waals surface area contributed by atoms with Gasteiger partial charge >= 0.3 is 6.03 Å². The van der Waals surface area contributed by atoms with E-state index in [9.17, 15) is 4.79 Å². The third-order valence-electron chi connectivity index (χ3n) is 1.03. The van der Waals surface area contributed by atoms with Crippen LogP contribution in [0.25, 0.3) is 0 Å². The van der Waals surface area contributed by atoms with E-state index in [1.54, 1.807) is 0 Å². The van der Waals surface area contributed by atoms with Crippen molar-refractivity contribution in [2.45, 2.75) is 6.04 Å². The van der Waals surface area contributed by atoms with Gasteiger partial charge in [0.1, 0.15) is 0 Å². The second kappa shape index (κ2) is 2.52. The van der Waals surface area contributed by atoms with Crippen molar-refractivity contribution in [3.63, 3.8) is 0 Å². The van der Waals surface area contributed by atoms with E-state index in [2.05, 4.69) is 33.2 Å². The molecule has 0 aliphatic carbocycles. The molecule has 0 aromatic carbocycles. The summed E-state index contributed by atoms with van der Waals surface area (Å²) in [5.74, 6) is 0. The number of urea groups is 1. The predicted molar refractivity (Wildman–Crippen MR) is 39.2 cm³/mol. The second-order valence-electron chi connectivity index (χ2n) is 1.71. The van der Waals surface area contributed by atoms with Gasteiger partial charge in [-0.05, 0) is 0 Å². The summed E-state index contributed by atoms with van der Waals surface area (Å²) < 4.78 is 0.983. The first-order valence-electron chi connectivity index (χ1n) is 2.43. The van der Waals surface area contributed by atoms with Crippen LogP contribution in [0.1, 0.15) is 0 Å². The number of carbonyl (C=O) groups is 1. The normalized spacial score (nSPS) is 27.1. The second-order valence-corrected chi connectivity index (χ2v) is 2.59. The zero-order valence-electron chi connectivity index (χ0n) is 4.28. The molecule has 4 heteroatoms. The van der Waals surface area contributed by atoms with Crippen LogP contribution in [0.5, 0.6) is 0 Å². The Morgan fingerprint density at radius 3 is 2.88 bits per heavy atom. The molecule has 0 spiro atoms. The molecule has 1 fully saturated rings. The molecule has 46 valence electrons. The predicted octanol–water partition coefficient (Wildman–Crippen LogP) is 0.103. The van der Waals surface area contributed by atoms with Crippen LogP contribution in [0, 0.1) is 0 Å². The van der Waals surface area contributed by atoms with Crippen molar-refractivity contribution in [3.8, 4) is 0 Å². The van der Waals surface area contributed by atoms with Gasteiger partial charge in [0.15, 0.2) is 0 Å². The minimum absolute atomic E-state index is 0.0355. The smallest absolute Gasteiger partial charge is 0.315 e. The molecule has 1 rings (SSSR count). The molecule has 0 bridgehead atoms. The van der Waals surface area contributed by atoms with Crippen LogP contribution in [0.15, 0.2) is 0 Å². The van der Waals surface area contributed by atoms with Gasteiger partial charge in [-0.1, -0.05) is 22.6 Å². The zero-order valence-corrected chi connectivity index (χ0v) is 6.44. The highest BCUT2D eigenvalue weighted by atomic mass is 127. The number of halogens is 1. The van der Waals surface area contributed by atoms with Crippen LogP contribution < -0.4 is 10.6 Å². The van der Waals surface area contributed by atoms with E-state index in [-0.39, 0.29) is 6.03 Å². The van der Waals surface area contributed by atoms with E-state index in [1.807, 2.05) is 0 Å². The molecular formula is C4H7IN2O. The number of nitrogens with one attached hydrogen (secondary N) is 2. The Labute approximate surface area is 61.4 Å². The fourth-order valence-corrected chi connectivity index (χ4v) is 1.13. The van der Waals surface area contributed by atoms with Gasteiger partial charge in [-0.3, -0.25) is 0 Å². The lowest BCUT2D eigenvalue weighted by Crippen LogP contribution is -2.27. The van der Waals surface area contributed by atoms with Gasteiger partial charge in [0.2, 0.25) is 0 Å².